The van der Waals surface area contributed by atoms with Gasteiger partial charge in [0.25, 0.3) is 5.91 Å². The van der Waals surface area contributed by atoms with Crippen LogP contribution in [-0.4, -0.2) is 39.8 Å². The molecule has 166 valence electrons. The Labute approximate surface area is 192 Å². The molecule has 32 heavy (non-hydrogen) atoms. The summed E-state index contributed by atoms with van der Waals surface area (Å²) in [6.07, 6.45) is 3.34. The molecular formula is C25H26ClN3O3. The van der Waals surface area contributed by atoms with Crippen LogP contribution in [0, 0.1) is 0 Å². The van der Waals surface area contributed by atoms with E-state index in [-0.39, 0.29) is 12.0 Å². The zero-order chi connectivity index (χ0) is 22.5. The summed E-state index contributed by atoms with van der Waals surface area (Å²) in [5, 5.41) is 4.92. The van der Waals surface area contributed by atoms with Crippen LogP contribution in [0.5, 0.6) is 11.5 Å². The minimum atomic E-state index is -0.479. The van der Waals surface area contributed by atoms with E-state index in [1.54, 1.807) is 18.2 Å². The zero-order valence-corrected chi connectivity index (χ0v) is 19.2. The molecule has 2 aliphatic heterocycles. The number of nitrogens with zero attached hydrogens (tertiary/aromatic N) is 3. The van der Waals surface area contributed by atoms with Gasteiger partial charge in [-0.3, -0.25) is 9.48 Å². The predicted molar refractivity (Wildman–Crippen MR) is 123 cm³/mol. The van der Waals surface area contributed by atoms with E-state index in [2.05, 4.69) is 11.2 Å². The van der Waals surface area contributed by atoms with Crippen LogP contribution in [0.15, 0.2) is 48.7 Å². The number of amides is 1. The molecule has 0 aliphatic carbocycles. The zero-order valence-electron chi connectivity index (χ0n) is 18.5. The summed E-state index contributed by atoms with van der Waals surface area (Å²) in [6.45, 7) is 5.07. The van der Waals surface area contributed by atoms with Gasteiger partial charge in [0, 0.05) is 44.1 Å². The number of piperidine rings is 1. The summed E-state index contributed by atoms with van der Waals surface area (Å²) in [6, 6.07) is 13.3. The molecule has 7 heteroatoms. The normalized spacial score (nSPS) is 16.5. The van der Waals surface area contributed by atoms with Crippen LogP contribution in [0.1, 0.15) is 42.6 Å². The monoisotopic (exact) mass is 451 g/mol. The number of aromatic nitrogens is 2. The number of aryl methyl sites for hydroxylation is 1. The fourth-order valence-electron chi connectivity index (χ4n) is 4.73. The number of carbonyl (C=O) groups excluding carboxylic acids is 1. The Kier molecular flexibility index (Phi) is 5.13. The number of carbonyl (C=O) groups is 1. The number of para-hydroxylation sites is 1. The van der Waals surface area contributed by atoms with Gasteiger partial charge >= 0.3 is 0 Å². The molecule has 6 nitrogen and oxygen atoms in total. The maximum absolute atomic E-state index is 13.2. The van der Waals surface area contributed by atoms with Gasteiger partial charge in [0.2, 0.25) is 0 Å². The molecule has 1 spiro atoms. The first-order chi connectivity index (χ1) is 15.4. The van der Waals surface area contributed by atoms with Gasteiger partial charge in [0.15, 0.2) is 0 Å². The van der Waals surface area contributed by atoms with Crippen molar-refractivity contribution in [3.63, 3.8) is 0 Å². The van der Waals surface area contributed by atoms with Crippen LogP contribution in [0.2, 0.25) is 5.02 Å². The Morgan fingerprint density at radius 2 is 1.94 bits per heavy atom. The molecule has 0 N–H and O–H groups in total. The van der Waals surface area contributed by atoms with Crippen LogP contribution < -0.4 is 9.47 Å². The first kappa shape index (κ1) is 20.9. The van der Waals surface area contributed by atoms with E-state index in [0.29, 0.717) is 42.3 Å². The molecule has 0 bridgehead atoms. The van der Waals surface area contributed by atoms with Crippen LogP contribution >= 0.6 is 11.6 Å². The molecule has 1 aromatic heterocycles. The molecule has 1 amide bonds. The van der Waals surface area contributed by atoms with Crippen molar-refractivity contribution in [3.8, 4) is 22.8 Å². The Bertz CT molecular complexity index is 1180. The number of benzene rings is 2. The average molecular weight is 452 g/mol. The summed E-state index contributed by atoms with van der Waals surface area (Å²) >= 11 is 6.43. The summed E-state index contributed by atoms with van der Waals surface area (Å²) in [4.78, 5) is 15.1. The number of hydrogen-bond acceptors (Lipinski definition) is 4. The first-order valence-corrected chi connectivity index (χ1v) is 11.3. The van der Waals surface area contributed by atoms with E-state index in [1.807, 2.05) is 54.9 Å². The molecule has 0 radical (unpaired) electrons. The lowest BCUT2D eigenvalue weighted by molar-refractivity contribution is -0.00171. The lowest BCUT2D eigenvalue weighted by Gasteiger charge is -2.44. The van der Waals surface area contributed by atoms with Crippen molar-refractivity contribution in [3.05, 3.63) is 64.8 Å². The summed E-state index contributed by atoms with van der Waals surface area (Å²) < 4.78 is 14.2. The van der Waals surface area contributed by atoms with Crippen molar-refractivity contribution >= 4 is 17.5 Å². The second-order valence-corrected chi connectivity index (χ2v) is 9.13. The van der Waals surface area contributed by atoms with Crippen LogP contribution in [0.3, 0.4) is 0 Å². The molecule has 3 aromatic rings. The number of hydrogen-bond donors (Lipinski definition) is 0. The molecule has 0 atom stereocenters. The minimum Gasteiger partial charge on any atom is -0.491 e. The predicted octanol–water partition coefficient (Wildman–Crippen LogP) is 5.05. The van der Waals surface area contributed by atoms with Crippen molar-refractivity contribution in [2.75, 3.05) is 13.1 Å². The van der Waals surface area contributed by atoms with Gasteiger partial charge in [0.1, 0.15) is 17.1 Å². The van der Waals surface area contributed by atoms with Crippen molar-refractivity contribution in [2.24, 2.45) is 7.05 Å². The number of fused-ring (bicyclic) bond motifs is 4. The highest BCUT2D eigenvalue weighted by atomic mass is 35.5. The smallest absolute Gasteiger partial charge is 0.255 e. The van der Waals surface area contributed by atoms with Gasteiger partial charge in [0.05, 0.1) is 28.6 Å². The highest BCUT2D eigenvalue weighted by Gasteiger charge is 2.46. The lowest BCUT2D eigenvalue weighted by Crippen LogP contribution is -2.49. The third kappa shape index (κ3) is 3.43. The van der Waals surface area contributed by atoms with E-state index in [4.69, 9.17) is 21.1 Å². The Morgan fingerprint density at radius 1 is 1.19 bits per heavy atom. The maximum atomic E-state index is 13.2. The van der Waals surface area contributed by atoms with E-state index < -0.39 is 5.60 Å². The molecule has 1 fully saturated rings. The molecule has 2 aliphatic rings. The van der Waals surface area contributed by atoms with Crippen molar-refractivity contribution in [1.29, 1.82) is 0 Å². The van der Waals surface area contributed by atoms with E-state index in [9.17, 15) is 4.79 Å². The van der Waals surface area contributed by atoms with Crippen LogP contribution in [-0.2, 0) is 12.6 Å². The quantitative estimate of drug-likeness (QED) is 0.559. The standard InChI is InChI=1S/C25H26ClN3O3/c1-16(2)31-17-8-9-18(21(26)14-17)24(30)29-12-10-25(11-13-29)20-15-27-28(3)23(20)19-6-4-5-7-22(19)32-25/h4-9,14-16H,10-13H2,1-3H3. The number of ether oxygens (including phenoxy) is 2. The van der Waals surface area contributed by atoms with E-state index >= 15 is 0 Å². The third-order valence-corrected chi connectivity index (χ3v) is 6.59. The van der Waals surface area contributed by atoms with Gasteiger partial charge in [-0.15, -0.1) is 0 Å². The topological polar surface area (TPSA) is 56.6 Å². The third-order valence-electron chi connectivity index (χ3n) is 6.28. The second kappa shape index (κ2) is 7.85. The van der Waals surface area contributed by atoms with Gasteiger partial charge in [-0.2, -0.15) is 5.10 Å². The van der Waals surface area contributed by atoms with Crippen molar-refractivity contribution in [1.82, 2.24) is 14.7 Å². The molecule has 0 saturated carbocycles. The number of halogens is 1. The molecule has 5 rings (SSSR count). The summed E-state index contributed by atoms with van der Waals surface area (Å²) in [7, 11) is 1.96. The van der Waals surface area contributed by atoms with Gasteiger partial charge in [-0.1, -0.05) is 23.7 Å². The maximum Gasteiger partial charge on any atom is 0.255 e. The summed E-state index contributed by atoms with van der Waals surface area (Å²) in [5.74, 6) is 1.47. The molecule has 0 unspecified atom stereocenters. The van der Waals surface area contributed by atoms with Crippen LogP contribution in [0.4, 0.5) is 0 Å². The highest BCUT2D eigenvalue weighted by Crippen LogP contribution is 2.49. The molecular weight excluding hydrogens is 426 g/mol. The Balaban J connectivity index is 1.37. The largest absolute Gasteiger partial charge is 0.491 e. The average Bonchev–Trinajstić information content (AvgIpc) is 3.17. The van der Waals surface area contributed by atoms with Gasteiger partial charge in [-0.25, -0.2) is 0 Å². The minimum absolute atomic E-state index is 0.0453. The fraction of sp³-hybridized carbons (Fsp3) is 0.360. The van der Waals surface area contributed by atoms with Gasteiger partial charge < -0.3 is 14.4 Å². The van der Waals surface area contributed by atoms with Crippen molar-refractivity contribution in [2.45, 2.75) is 38.4 Å². The number of likely N-dealkylation sites (tertiary alicyclic amines) is 1. The molecule has 3 heterocycles. The SMILES string of the molecule is CC(C)Oc1ccc(C(=O)N2CCC3(CC2)Oc2ccccc2-c2c3cnn2C)c(Cl)c1. The van der Waals surface area contributed by atoms with Gasteiger partial charge in [-0.05, 0) is 44.2 Å². The van der Waals surface area contributed by atoms with E-state index in [0.717, 1.165) is 22.6 Å². The highest BCUT2D eigenvalue weighted by molar-refractivity contribution is 6.34. The van der Waals surface area contributed by atoms with Crippen molar-refractivity contribution < 1.29 is 14.3 Å². The van der Waals surface area contributed by atoms with E-state index in [1.165, 1.54) is 0 Å². The number of rotatable bonds is 3. The summed E-state index contributed by atoms with van der Waals surface area (Å²) in [5.41, 5.74) is 3.26. The van der Waals surface area contributed by atoms with Crippen LogP contribution in [0.25, 0.3) is 11.3 Å². The molecule has 2 aromatic carbocycles. The second-order valence-electron chi connectivity index (χ2n) is 8.72. The Morgan fingerprint density at radius 3 is 2.66 bits per heavy atom. The fourth-order valence-corrected chi connectivity index (χ4v) is 4.99. The Hall–Kier alpha value is -2.99. The first-order valence-electron chi connectivity index (χ1n) is 10.9. The molecule has 1 saturated heterocycles. The lowest BCUT2D eigenvalue weighted by atomic mass is 9.81.